The highest BCUT2D eigenvalue weighted by molar-refractivity contribution is 5.79. The molecule has 0 spiro atoms. The van der Waals surface area contributed by atoms with E-state index in [9.17, 15) is 14.9 Å². The van der Waals surface area contributed by atoms with Crippen molar-refractivity contribution in [3.63, 3.8) is 0 Å². The van der Waals surface area contributed by atoms with Crippen molar-refractivity contribution in [2.24, 2.45) is 5.41 Å². The molecule has 1 aromatic carbocycles. The zero-order chi connectivity index (χ0) is 13.3. The van der Waals surface area contributed by atoms with Gasteiger partial charge in [-0.3, -0.25) is 14.9 Å². The predicted molar refractivity (Wildman–Crippen MR) is 66.9 cm³/mol. The number of rotatable bonds is 3. The van der Waals surface area contributed by atoms with Gasteiger partial charge in [0, 0.05) is 24.6 Å². The van der Waals surface area contributed by atoms with Crippen LogP contribution in [0.2, 0.25) is 0 Å². The van der Waals surface area contributed by atoms with Crippen LogP contribution >= 0.6 is 0 Å². The molecule has 18 heavy (non-hydrogen) atoms. The van der Waals surface area contributed by atoms with E-state index >= 15 is 0 Å². The molecule has 0 bridgehead atoms. The fourth-order valence-corrected chi connectivity index (χ4v) is 2.35. The quantitative estimate of drug-likeness (QED) is 0.609. The Bertz CT molecular complexity index is 497. The molecule has 1 fully saturated rings. The number of likely N-dealkylation sites (tertiary alicyclic amines) is 1. The summed E-state index contributed by atoms with van der Waals surface area (Å²) in [4.78, 5) is 24.0. The lowest BCUT2D eigenvalue weighted by Crippen LogP contribution is -2.26. The van der Waals surface area contributed by atoms with Gasteiger partial charge in [-0.2, -0.15) is 0 Å². The van der Waals surface area contributed by atoms with Gasteiger partial charge in [0.05, 0.1) is 11.5 Å². The van der Waals surface area contributed by atoms with Crippen LogP contribution in [0.5, 0.6) is 0 Å². The molecule has 1 aromatic rings. The van der Waals surface area contributed by atoms with Crippen LogP contribution in [0.15, 0.2) is 24.3 Å². The highest BCUT2D eigenvalue weighted by atomic mass is 16.6. The highest BCUT2D eigenvalue weighted by Crippen LogP contribution is 2.32. The van der Waals surface area contributed by atoms with E-state index in [4.69, 9.17) is 0 Å². The van der Waals surface area contributed by atoms with Gasteiger partial charge in [-0.1, -0.05) is 32.0 Å². The molecule has 0 atom stereocenters. The Kier molecular flexibility index (Phi) is 3.07. The van der Waals surface area contributed by atoms with Crippen molar-refractivity contribution in [2.75, 3.05) is 6.54 Å². The van der Waals surface area contributed by atoms with Crippen LogP contribution in [0.25, 0.3) is 0 Å². The molecule has 0 saturated carbocycles. The van der Waals surface area contributed by atoms with Crippen LogP contribution in [-0.2, 0) is 11.3 Å². The fourth-order valence-electron chi connectivity index (χ4n) is 2.35. The minimum absolute atomic E-state index is 0.0410. The number of hydrogen-bond donors (Lipinski definition) is 0. The molecule has 0 radical (unpaired) electrons. The molecule has 5 heteroatoms. The molecule has 0 N–H and O–H groups in total. The number of carbonyl (C=O) groups is 1. The van der Waals surface area contributed by atoms with Gasteiger partial charge in [-0.25, -0.2) is 0 Å². The summed E-state index contributed by atoms with van der Waals surface area (Å²) in [6, 6.07) is 6.57. The third-order valence-corrected chi connectivity index (χ3v) is 3.15. The Hall–Kier alpha value is -1.91. The minimum atomic E-state index is -0.402. The molecule has 0 aromatic heterocycles. The van der Waals surface area contributed by atoms with Gasteiger partial charge in [0.1, 0.15) is 0 Å². The molecule has 1 aliphatic heterocycles. The maximum Gasteiger partial charge on any atom is 0.274 e. The number of carbonyl (C=O) groups excluding carboxylic acids is 1. The van der Waals surface area contributed by atoms with Crippen LogP contribution in [-0.4, -0.2) is 22.3 Å². The maximum absolute atomic E-state index is 11.8. The summed E-state index contributed by atoms with van der Waals surface area (Å²) in [6.07, 6.45) is 0.508. The van der Waals surface area contributed by atoms with Gasteiger partial charge in [-0.05, 0) is 5.41 Å². The van der Waals surface area contributed by atoms with Gasteiger partial charge >= 0.3 is 0 Å². The van der Waals surface area contributed by atoms with E-state index in [1.165, 1.54) is 6.07 Å². The average molecular weight is 248 g/mol. The largest absolute Gasteiger partial charge is 0.338 e. The van der Waals surface area contributed by atoms with Gasteiger partial charge in [-0.15, -0.1) is 0 Å². The van der Waals surface area contributed by atoms with E-state index in [0.29, 0.717) is 25.1 Å². The Morgan fingerprint density at radius 2 is 2.06 bits per heavy atom. The minimum Gasteiger partial charge on any atom is -0.338 e. The molecule has 1 heterocycles. The number of hydrogen-bond acceptors (Lipinski definition) is 3. The van der Waals surface area contributed by atoms with Crippen LogP contribution in [0.4, 0.5) is 5.69 Å². The zero-order valence-corrected chi connectivity index (χ0v) is 10.5. The Morgan fingerprint density at radius 1 is 1.39 bits per heavy atom. The van der Waals surface area contributed by atoms with Crippen LogP contribution in [0.1, 0.15) is 25.8 Å². The Balaban J connectivity index is 2.20. The average Bonchev–Trinajstić information content (AvgIpc) is 2.52. The summed E-state index contributed by atoms with van der Waals surface area (Å²) in [5.41, 5.74) is 0.629. The molecule has 96 valence electrons. The number of nitro benzene ring substituents is 1. The third-order valence-electron chi connectivity index (χ3n) is 3.15. The van der Waals surface area contributed by atoms with E-state index in [-0.39, 0.29) is 17.0 Å². The Labute approximate surface area is 106 Å². The molecular weight excluding hydrogens is 232 g/mol. The first-order valence-corrected chi connectivity index (χ1v) is 5.89. The number of amides is 1. The number of nitrogens with zero attached hydrogens (tertiary/aromatic N) is 2. The first-order valence-electron chi connectivity index (χ1n) is 5.89. The van der Waals surface area contributed by atoms with E-state index in [2.05, 4.69) is 0 Å². The first-order chi connectivity index (χ1) is 8.39. The van der Waals surface area contributed by atoms with Crippen LogP contribution < -0.4 is 0 Å². The summed E-state index contributed by atoms with van der Waals surface area (Å²) in [5, 5.41) is 10.9. The molecule has 0 unspecified atom stereocenters. The molecular formula is C13H16N2O3. The lowest BCUT2D eigenvalue weighted by molar-refractivity contribution is -0.385. The highest BCUT2D eigenvalue weighted by Gasteiger charge is 2.36. The lowest BCUT2D eigenvalue weighted by atomic mass is 9.93. The summed E-state index contributed by atoms with van der Waals surface area (Å²) >= 11 is 0. The lowest BCUT2D eigenvalue weighted by Gasteiger charge is -2.19. The second-order valence-corrected chi connectivity index (χ2v) is 5.48. The summed E-state index contributed by atoms with van der Waals surface area (Å²) in [6.45, 7) is 5.03. The molecule has 1 saturated heterocycles. The van der Waals surface area contributed by atoms with Crippen molar-refractivity contribution in [1.82, 2.24) is 4.90 Å². The van der Waals surface area contributed by atoms with Crippen molar-refractivity contribution in [2.45, 2.75) is 26.8 Å². The summed E-state index contributed by atoms with van der Waals surface area (Å²) in [5.74, 6) is 0.0677. The Morgan fingerprint density at radius 3 is 2.61 bits per heavy atom. The monoisotopic (exact) mass is 248 g/mol. The van der Waals surface area contributed by atoms with Gasteiger partial charge in [0.15, 0.2) is 0 Å². The van der Waals surface area contributed by atoms with Crippen LogP contribution in [0, 0.1) is 15.5 Å². The van der Waals surface area contributed by atoms with E-state index < -0.39 is 4.92 Å². The topological polar surface area (TPSA) is 63.5 Å². The SMILES string of the molecule is CC1(C)CC(=O)N(Cc2ccccc2[N+](=O)[O-])C1. The van der Waals surface area contributed by atoms with E-state index in [1.54, 1.807) is 23.1 Å². The van der Waals surface area contributed by atoms with Crippen molar-refractivity contribution < 1.29 is 9.72 Å². The number of benzene rings is 1. The smallest absolute Gasteiger partial charge is 0.274 e. The second-order valence-electron chi connectivity index (χ2n) is 5.48. The standard InChI is InChI=1S/C13H16N2O3/c1-13(2)7-12(16)14(9-13)8-10-5-3-4-6-11(10)15(17)18/h3-6H,7-9H2,1-2H3. The number of nitro groups is 1. The third kappa shape index (κ3) is 2.50. The molecule has 1 aliphatic rings. The second kappa shape index (κ2) is 4.40. The van der Waals surface area contributed by atoms with Gasteiger partial charge in [0.25, 0.3) is 5.69 Å². The molecule has 1 amide bonds. The molecule has 0 aliphatic carbocycles. The van der Waals surface area contributed by atoms with Crippen molar-refractivity contribution >= 4 is 11.6 Å². The van der Waals surface area contributed by atoms with Crippen molar-refractivity contribution in [1.29, 1.82) is 0 Å². The van der Waals surface area contributed by atoms with Crippen molar-refractivity contribution in [3.8, 4) is 0 Å². The van der Waals surface area contributed by atoms with Gasteiger partial charge < -0.3 is 4.90 Å². The molecule has 2 rings (SSSR count). The normalized spacial score (nSPS) is 18.1. The zero-order valence-electron chi connectivity index (χ0n) is 10.5. The fraction of sp³-hybridized carbons (Fsp3) is 0.462. The molecule has 5 nitrogen and oxygen atoms in total. The van der Waals surface area contributed by atoms with E-state index in [0.717, 1.165) is 0 Å². The first kappa shape index (κ1) is 12.5. The summed E-state index contributed by atoms with van der Waals surface area (Å²) in [7, 11) is 0. The predicted octanol–water partition coefficient (Wildman–Crippen LogP) is 2.35. The number of para-hydroxylation sites is 1. The van der Waals surface area contributed by atoms with Gasteiger partial charge in [0.2, 0.25) is 5.91 Å². The van der Waals surface area contributed by atoms with Crippen molar-refractivity contribution in [3.05, 3.63) is 39.9 Å². The summed E-state index contributed by atoms with van der Waals surface area (Å²) < 4.78 is 0. The van der Waals surface area contributed by atoms with Crippen LogP contribution in [0.3, 0.4) is 0 Å². The van der Waals surface area contributed by atoms with E-state index in [1.807, 2.05) is 13.8 Å². The maximum atomic E-state index is 11.8.